The summed E-state index contributed by atoms with van der Waals surface area (Å²) in [6.45, 7) is 3.37. The van der Waals surface area contributed by atoms with Crippen molar-refractivity contribution in [1.29, 1.82) is 0 Å². The molecule has 0 amide bonds. The van der Waals surface area contributed by atoms with Gasteiger partial charge in [0, 0.05) is 12.6 Å². The molecule has 0 radical (unpaired) electrons. The average molecular weight is 265 g/mol. The van der Waals surface area contributed by atoms with Gasteiger partial charge >= 0.3 is 0 Å². The van der Waals surface area contributed by atoms with E-state index in [2.05, 4.69) is 5.32 Å². The number of hydrogen-bond donors (Lipinski definition) is 1. The second kappa shape index (κ2) is 6.89. The van der Waals surface area contributed by atoms with E-state index in [0.29, 0.717) is 12.6 Å². The normalized spacial score (nSPS) is 25.9. The molecule has 106 valence electrons. The van der Waals surface area contributed by atoms with Gasteiger partial charge in [-0.15, -0.1) is 0 Å². The van der Waals surface area contributed by atoms with E-state index in [1.54, 1.807) is 7.11 Å². The minimum Gasteiger partial charge on any atom is -0.497 e. The lowest BCUT2D eigenvalue weighted by atomic mass is 9.85. The Balaban J connectivity index is 1.81. The van der Waals surface area contributed by atoms with Crippen LogP contribution in [-0.2, 0) is 16.1 Å². The molecule has 2 rings (SSSR count). The molecule has 0 bridgehead atoms. The second-order valence-electron chi connectivity index (χ2n) is 4.75. The van der Waals surface area contributed by atoms with Gasteiger partial charge in [0.1, 0.15) is 5.75 Å². The maximum atomic E-state index is 5.93. The zero-order chi connectivity index (χ0) is 13.7. The Morgan fingerprint density at radius 2 is 1.95 bits per heavy atom. The summed E-state index contributed by atoms with van der Waals surface area (Å²) in [5.41, 5.74) is 1.16. The van der Waals surface area contributed by atoms with Crippen LogP contribution < -0.4 is 10.1 Å². The first-order chi connectivity index (χ1) is 9.28. The molecule has 1 aliphatic rings. The summed E-state index contributed by atoms with van der Waals surface area (Å²) in [5.74, 6) is 0.870. The summed E-state index contributed by atoms with van der Waals surface area (Å²) >= 11 is 0. The Labute approximate surface area is 115 Å². The van der Waals surface area contributed by atoms with Gasteiger partial charge in [-0.05, 0) is 38.1 Å². The highest BCUT2D eigenvalue weighted by Gasteiger charge is 2.41. The average Bonchev–Trinajstić information content (AvgIpc) is 2.44. The molecule has 0 aromatic heterocycles. The van der Waals surface area contributed by atoms with Gasteiger partial charge in [-0.1, -0.05) is 12.1 Å². The lowest BCUT2D eigenvalue weighted by Crippen LogP contribution is -2.59. The first-order valence-electron chi connectivity index (χ1n) is 6.81. The van der Waals surface area contributed by atoms with Crippen molar-refractivity contribution in [2.75, 3.05) is 20.8 Å². The van der Waals surface area contributed by atoms with E-state index in [-0.39, 0.29) is 12.2 Å². The first kappa shape index (κ1) is 14.3. The maximum Gasteiger partial charge on any atom is 0.118 e. The molecular formula is C15H23NO3. The quantitative estimate of drug-likeness (QED) is 0.818. The van der Waals surface area contributed by atoms with E-state index in [1.165, 1.54) is 0 Å². The Morgan fingerprint density at radius 1 is 1.21 bits per heavy atom. The highest BCUT2D eigenvalue weighted by molar-refractivity contribution is 5.26. The third kappa shape index (κ3) is 3.47. The molecule has 1 aromatic carbocycles. The van der Waals surface area contributed by atoms with Crippen LogP contribution in [-0.4, -0.2) is 39.0 Å². The fourth-order valence-electron chi connectivity index (χ4n) is 2.37. The number of benzene rings is 1. The van der Waals surface area contributed by atoms with Gasteiger partial charge in [-0.2, -0.15) is 0 Å². The van der Waals surface area contributed by atoms with Crippen LogP contribution in [0.25, 0.3) is 0 Å². The summed E-state index contributed by atoms with van der Waals surface area (Å²) in [4.78, 5) is 0. The van der Waals surface area contributed by atoms with Crippen molar-refractivity contribution in [2.24, 2.45) is 0 Å². The number of methoxy groups -OCH3 is 1. The minimum absolute atomic E-state index is 0.174. The van der Waals surface area contributed by atoms with Crippen molar-refractivity contribution in [1.82, 2.24) is 5.32 Å². The molecule has 1 fully saturated rings. The zero-order valence-corrected chi connectivity index (χ0v) is 11.9. The highest BCUT2D eigenvalue weighted by Crippen LogP contribution is 2.28. The Kier molecular flexibility index (Phi) is 5.19. The third-order valence-electron chi connectivity index (χ3n) is 3.60. The van der Waals surface area contributed by atoms with Crippen molar-refractivity contribution < 1.29 is 14.2 Å². The Bertz CT molecular complexity index is 379. The SMILES string of the molecule is CCOC1C(NC)CC1OCc1ccc(OC)cc1. The monoisotopic (exact) mass is 265 g/mol. The van der Waals surface area contributed by atoms with E-state index in [0.717, 1.165) is 24.3 Å². The number of ether oxygens (including phenoxy) is 3. The molecule has 4 heteroatoms. The van der Waals surface area contributed by atoms with Crippen LogP contribution in [0.3, 0.4) is 0 Å². The molecule has 3 unspecified atom stereocenters. The lowest BCUT2D eigenvalue weighted by molar-refractivity contribution is -0.148. The standard InChI is InChI=1S/C15H23NO3/c1-4-18-15-13(16-2)9-14(15)19-10-11-5-7-12(17-3)8-6-11/h5-8,13-16H,4,9-10H2,1-3H3. The summed E-state index contributed by atoms with van der Waals surface area (Å²) in [6.07, 6.45) is 1.38. The first-order valence-corrected chi connectivity index (χ1v) is 6.81. The van der Waals surface area contributed by atoms with Crippen LogP contribution in [0.15, 0.2) is 24.3 Å². The van der Waals surface area contributed by atoms with E-state index in [9.17, 15) is 0 Å². The van der Waals surface area contributed by atoms with Gasteiger partial charge in [0.15, 0.2) is 0 Å². The molecule has 1 aromatic rings. The molecule has 0 aliphatic heterocycles. The molecule has 0 spiro atoms. The molecule has 3 atom stereocenters. The van der Waals surface area contributed by atoms with Crippen molar-refractivity contribution in [3.63, 3.8) is 0 Å². The van der Waals surface area contributed by atoms with Crippen LogP contribution >= 0.6 is 0 Å². The summed E-state index contributed by atoms with van der Waals surface area (Å²) < 4.78 is 16.8. The van der Waals surface area contributed by atoms with Crippen LogP contribution in [0.2, 0.25) is 0 Å². The fraction of sp³-hybridized carbons (Fsp3) is 0.600. The number of rotatable bonds is 7. The molecule has 0 saturated heterocycles. The fourth-order valence-corrected chi connectivity index (χ4v) is 2.37. The number of hydrogen-bond acceptors (Lipinski definition) is 4. The van der Waals surface area contributed by atoms with Gasteiger partial charge in [0.25, 0.3) is 0 Å². The molecule has 19 heavy (non-hydrogen) atoms. The highest BCUT2D eigenvalue weighted by atomic mass is 16.5. The van der Waals surface area contributed by atoms with Crippen LogP contribution in [0, 0.1) is 0 Å². The van der Waals surface area contributed by atoms with E-state index >= 15 is 0 Å². The molecular weight excluding hydrogens is 242 g/mol. The van der Waals surface area contributed by atoms with Gasteiger partial charge in [-0.3, -0.25) is 0 Å². The molecule has 1 aliphatic carbocycles. The van der Waals surface area contributed by atoms with Crippen molar-refractivity contribution in [3.8, 4) is 5.75 Å². The van der Waals surface area contributed by atoms with E-state index in [1.807, 2.05) is 38.2 Å². The maximum absolute atomic E-state index is 5.93. The van der Waals surface area contributed by atoms with Gasteiger partial charge < -0.3 is 19.5 Å². The summed E-state index contributed by atoms with van der Waals surface area (Å²) in [5, 5.41) is 3.26. The summed E-state index contributed by atoms with van der Waals surface area (Å²) in [6, 6.07) is 8.39. The molecule has 0 heterocycles. The zero-order valence-electron chi connectivity index (χ0n) is 11.9. The van der Waals surface area contributed by atoms with Gasteiger partial charge in [-0.25, -0.2) is 0 Å². The van der Waals surface area contributed by atoms with Crippen molar-refractivity contribution in [2.45, 2.75) is 38.2 Å². The van der Waals surface area contributed by atoms with Crippen LogP contribution in [0.5, 0.6) is 5.75 Å². The van der Waals surface area contributed by atoms with Crippen molar-refractivity contribution >= 4 is 0 Å². The van der Waals surface area contributed by atoms with E-state index < -0.39 is 0 Å². The lowest BCUT2D eigenvalue weighted by Gasteiger charge is -2.43. The second-order valence-corrected chi connectivity index (χ2v) is 4.75. The molecule has 1 saturated carbocycles. The third-order valence-corrected chi connectivity index (χ3v) is 3.60. The van der Waals surface area contributed by atoms with Gasteiger partial charge in [0.2, 0.25) is 0 Å². The van der Waals surface area contributed by atoms with Crippen LogP contribution in [0.1, 0.15) is 18.9 Å². The predicted molar refractivity (Wildman–Crippen MR) is 74.4 cm³/mol. The smallest absolute Gasteiger partial charge is 0.118 e. The molecule has 1 N–H and O–H groups in total. The van der Waals surface area contributed by atoms with Gasteiger partial charge in [0.05, 0.1) is 25.9 Å². The minimum atomic E-state index is 0.174. The van der Waals surface area contributed by atoms with Crippen LogP contribution in [0.4, 0.5) is 0 Å². The largest absolute Gasteiger partial charge is 0.497 e. The Morgan fingerprint density at radius 3 is 2.53 bits per heavy atom. The topological polar surface area (TPSA) is 39.7 Å². The van der Waals surface area contributed by atoms with Crippen molar-refractivity contribution in [3.05, 3.63) is 29.8 Å². The predicted octanol–water partition coefficient (Wildman–Crippen LogP) is 1.98. The molecule has 4 nitrogen and oxygen atoms in total. The number of nitrogens with one attached hydrogen (secondary N) is 1. The summed E-state index contributed by atoms with van der Waals surface area (Å²) in [7, 11) is 3.64. The Hall–Kier alpha value is -1.10. The number of likely N-dealkylation sites (N-methyl/N-ethyl adjacent to an activating group) is 1. The van der Waals surface area contributed by atoms with E-state index in [4.69, 9.17) is 14.2 Å².